The molecule has 0 amide bonds. The monoisotopic (exact) mass is 262 g/mol. The largest absolute Gasteiger partial charge is 0.326 e. The van der Waals surface area contributed by atoms with Gasteiger partial charge in [-0.2, -0.15) is 0 Å². The molecule has 1 aromatic rings. The average Bonchev–Trinajstić information content (AvgIpc) is 2.65. The molecule has 0 aliphatic carbocycles. The standard InChI is InChI=1S/C11H13Cl2FN2/c12-10-7(1-2-9(14)11(10)13)5-16-4-3-8(15)6-16/h1-2,8H,3-6,15H2. The molecule has 1 aliphatic heterocycles. The zero-order valence-electron chi connectivity index (χ0n) is 8.72. The van der Waals surface area contributed by atoms with E-state index in [1.807, 2.05) is 0 Å². The first-order valence-corrected chi connectivity index (χ1v) is 5.94. The van der Waals surface area contributed by atoms with E-state index in [2.05, 4.69) is 4.90 Å². The van der Waals surface area contributed by atoms with Crippen LogP contribution in [0.15, 0.2) is 12.1 Å². The number of halogens is 3. The van der Waals surface area contributed by atoms with Gasteiger partial charge in [0, 0.05) is 25.7 Å². The van der Waals surface area contributed by atoms with Crippen LogP contribution in [0, 0.1) is 5.82 Å². The zero-order valence-corrected chi connectivity index (χ0v) is 10.2. The van der Waals surface area contributed by atoms with Crippen molar-refractivity contribution in [1.29, 1.82) is 0 Å². The van der Waals surface area contributed by atoms with Crippen LogP contribution in [0.5, 0.6) is 0 Å². The summed E-state index contributed by atoms with van der Waals surface area (Å²) in [5.74, 6) is -0.478. The number of nitrogens with zero attached hydrogens (tertiary/aromatic N) is 1. The summed E-state index contributed by atoms with van der Waals surface area (Å²) in [6.45, 7) is 2.48. The maximum atomic E-state index is 13.1. The highest BCUT2D eigenvalue weighted by Gasteiger charge is 2.20. The van der Waals surface area contributed by atoms with E-state index in [0.29, 0.717) is 11.6 Å². The minimum absolute atomic E-state index is 0.00246. The molecule has 0 aromatic heterocycles. The van der Waals surface area contributed by atoms with E-state index in [4.69, 9.17) is 28.9 Å². The van der Waals surface area contributed by atoms with Crippen LogP contribution in [0.4, 0.5) is 4.39 Å². The molecule has 16 heavy (non-hydrogen) atoms. The van der Waals surface area contributed by atoms with Crippen molar-refractivity contribution in [1.82, 2.24) is 4.90 Å². The van der Waals surface area contributed by atoms with Crippen molar-refractivity contribution in [3.05, 3.63) is 33.6 Å². The average molecular weight is 263 g/mol. The minimum Gasteiger partial charge on any atom is -0.326 e. The number of rotatable bonds is 2. The van der Waals surface area contributed by atoms with Crippen molar-refractivity contribution in [3.8, 4) is 0 Å². The highest BCUT2D eigenvalue weighted by atomic mass is 35.5. The Morgan fingerprint density at radius 3 is 2.75 bits per heavy atom. The summed E-state index contributed by atoms with van der Waals surface area (Å²) in [6.07, 6.45) is 0.993. The molecule has 0 saturated carbocycles. The highest BCUT2D eigenvalue weighted by molar-refractivity contribution is 6.42. The van der Waals surface area contributed by atoms with Gasteiger partial charge in [0.15, 0.2) is 0 Å². The number of hydrogen-bond donors (Lipinski definition) is 1. The molecule has 0 bridgehead atoms. The van der Waals surface area contributed by atoms with Gasteiger partial charge in [0.1, 0.15) is 5.82 Å². The summed E-state index contributed by atoms with van der Waals surface area (Å²) in [5, 5.41) is 0.310. The summed E-state index contributed by atoms with van der Waals surface area (Å²) in [5.41, 5.74) is 6.66. The van der Waals surface area contributed by atoms with Crippen LogP contribution in [-0.4, -0.2) is 24.0 Å². The van der Waals surface area contributed by atoms with Crippen molar-refractivity contribution in [2.24, 2.45) is 5.73 Å². The van der Waals surface area contributed by atoms with Gasteiger partial charge in [-0.25, -0.2) is 4.39 Å². The van der Waals surface area contributed by atoms with Crippen LogP contribution in [0.2, 0.25) is 10.0 Å². The van der Waals surface area contributed by atoms with Crippen LogP contribution in [0.3, 0.4) is 0 Å². The van der Waals surface area contributed by atoms with Gasteiger partial charge in [-0.15, -0.1) is 0 Å². The molecule has 0 radical (unpaired) electrons. The molecule has 1 heterocycles. The van der Waals surface area contributed by atoms with E-state index in [0.717, 1.165) is 25.1 Å². The molecule has 2 nitrogen and oxygen atoms in total. The number of nitrogens with two attached hydrogens (primary N) is 1. The van der Waals surface area contributed by atoms with E-state index in [1.54, 1.807) is 6.07 Å². The Morgan fingerprint density at radius 2 is 2.12 bits per heavy atom. The topological polar surface area (TPSA) is 29.3 Å². The van der Waals surface area contributed by atoms with Crippen molar-refractivity contribution < 1.29 is 4.39 Å². The van der Waals surface area contributed by atoms with Crippen molar-refractivity contribution in [3.63, 3.8) is 0 Å². The summed E-state index contributed by atoms with van der Waals surface area (Å²) >= 11 is 11.7. The van der Waals surface area contributed by atoms with E-state index < -0.39 is 5.82 Å². The van der Waals surface area contributed by atoms with Crippen molar-refractivity contribution >= 4 is 23.2 Å². The van der Waals surface area contributed by atoms with Crippen molar-refractivity contribution in [2.45, 2.75) is 19.0 Å². The minimum atomic E-state index is -0.478. The Kier molecular flexibility index (Phi) is 3.70. The van der Waals surface area contributed by atoms with E-state index >= 15 is 0 Å². The SMILES string of the molecule is NC1CCN(Cc2ccc(F)c(Cl)c2Cl)C1. The van der Waals surface area contributed by atoms with Gasteiger partial charge in [-0.05, 0) is 18.1 Å². The lowest BCUT2D eigenvalue weighted by Gasteiger charge is -2.16. The first kappa shape index (κ1) is 12.1. The molecule has 2 N–H and O–H groups in total. The molecule has 1 aliphatic rings. The Morgan fingerprint density at radius 1 is 1.38 bits per heavy atom. The molecule has 5 heteroatoms. The molecule has 1 atom stereocenters. The fourth-order valence-electron chi connectivity index (χ4n) is 1.94. The Bertz CT molecular complexity index is 398. The fraction of sp³-hybridized carbons (Fsp3) is 0.455. The molecular formula is C11H13Cl2FN2. The highest BCUT2D eigenvalue weighted by Crippen LogP contribution is 2.29. The Balaban J connectivity index is 2.13. The number of hydrogen-bond acceptors (Lipinski definition) is 2. The maximum Gasteiger partial charge on any atom is 0.143 e. The second-order valence-electron chi connectivity index (χ2n) is 4.12. The summed E-state index contributed by atoms with van der Waals surface area (Å²) in [4.78, 5) is 2.19. The molecule has 2 rings (SSSR count). The van der Waals surface area contributed by atoms with Crippen LogP contribution >= 0.6 is 23.2 Å². The molecule has 1 saturated heterocycles. The fourth-order valence-corrected chi connectivity index (χ4v) is 2.33. The van der Waals surface area contributed by atoms with E-state index in [1.165, 1.54) is 6.07 Å². The van der Waals surface area contributed by atoms with Crippen LogP contribution in [0.1, 0.15) is 12.0 Å². The third-order valence-corrected chi connectivity index (χ3v) is 3.72. The number of likely N-dealkylation sites (tertiary alicyclic amines) is 1. The third-order valence-electron chi connectivity index (χ3n) is 2.82. The van der Waals surface area contributed by atoms with Crippen LogP contribution in [0.25, 0.3) is 0 Å². The van der Waals surface area contributed by atoms with Gasteiger partial charge in [0.05, 0.1) is 10.0 Å². The smallest absolute Gasteiger partial charge is 0.143 e. The Labute approximate surface area is 104 Å². The second-order valence-corrected chi connectivity index (χ2v) is 4.87. The molecule has 1 unspecified atom stereocenters. The van der Waals surface area contributed by atoms with Crippen LogP contribution in [-0.2, 0) is 6.54 Å². The van der Waals surface area contributed by atoms with Gasteiger partial charge in [-0.3, -0.25) is 4.90 Å². The van der Waals surface area contributed by atoms with Gasteiger partial charge in [-0.1, -0.05) is 29.3 Å². The van der Waals surface area contributed by atoms with Gasteiger partial charge in [0.2, 0.25) is 0 Å². The summed E-state index contributed by atoms with van der Waals surface area (Å²) in [6, 6.07) is 3.25. The van der Waals surface area contributed by atoms with E-state index in [9.17, 15) is 4.39 Å². The number of benzene rings is 1. The maximum absolute atomic E-state index is 13.1. The molecule has 88 valence electrons. The van der Waals surface area contributed by atoms with Gasteiger partial charge in [0.25, 0.3) is 0 Å². The first-order valence-electron chi connectivity index (χ1n) is 5.18. The predicted molar refractivity (Wildman–Crippen MR) is 64.3 cm³/mol. The Hall–Kier alpha value is -0.350. The van der Waals surface area contributed by atoms with Gasteiger partial charge < -0.3 is 5.73 Å². The zero-order chi connectivity index (χ0) is 11.7. The lowest BCUT2D eigenvalue weighted by Crippen LogP contribution is -2.26. The van der Waals surface area contributed by atoms with Crippen molar-refractivity contribution in [2.75, 3.05) is 13.1 Å². The van der Waals surface area contributed by atoms with Gasteiger partial charge >= 0.3 is 0 Å². The lowest BCUT2D eigenvalue weighted by molar-refractivity contribution is 0.327. The van der Waals surface area contributed by atoms with E-state index in [-0.39, 0.29) is 11.1 Å². The molecular weight excluding hydrogens is 250 g/mol. The molecule has 1 fully saturated rings. The normalized spacial score (nSPS) is 21.6. The predicted octanol–water partition coefficient (Wildman–Crippen LogP) is 2.67. The summed E-state index contributed by atoms with van der Waals surface area (Å²) < 4.78 is 13.1. The third kappa shape index (κ3) is 2.48. The first-order chi connectivity index (χ1) is 7.58. The lowest BCUT2D eigenvalue weighted by atomic mass is 10.2. The molecule has 0 spiro atoms. The van der Waals surface area contributed by atoms with Crippen LogP contribution < -0.4 is 5.73 Å². The quantitative estimate of drug-likeness (QED) is 0.831. The second kappa shape index (κ2) is 4.88. The molecule has 1 aromatic carbocycles. The summed E-state index contributed by atoms with van der Waals surface area (Å²) in [7, 11) is 0.